The van der Waals surface area contributed by atoms with Gasteiger partial charge < -0.3 is 10.2 Å². The standard InChI is InChI=1S/C33H44FN3O4S/c1-4-14-35-32(39)30(5-2)36(21-23-6-10-28(34)11-7-23)31(38)22-37(42(3,40)41)29-12-8-27(9-13-29)33-18-24-15-25(19-33)17-26(16-24)20-33/h6-13,24-26,30H,4-5,14-22H2,1-3H3,(H,35,39). The van der Waals surface area contributed by atoms with E-state index >= 15 is 0 Å². The van der Waals surface area contributed by atoms with E-state index in [4.69, 9.17) is 0 Å². The van der Waals surface area contributed by atoms with Crippen molar-refractivity contribution in [1.82, 2.24) is 10.2 Å². The molecule has 0 heterocycles. The Labute approximate surface area is 249 Å². The number of sulfonamides is 1. The molecule has 6 rings (SSSR count). The molecule has 1 unspecified atom stereocenters. The molecular weight excluding hydrogens is 553 g/mol. The molecule has 7 nitrogen and oxygen atoms in total. The van der Waals surface area contributed by atoms with Crippen LogP contribution in [-0.2, 0) is 31.6 Å². The number of benzene rings is 2. The molecule has 0 spiro atoms. The molecule has 0 aliphatic heterocycles. The van der Waals surface area contributed by atoms with Gasteiger partial charge in [0.15, 0.2) is 0 Å². The summed E-state index contributed by atoms with van der Waals surface area (Å²) >= 11 is 0. The summed E-state index contributed by atoms with van der Waals surface area (Å²) in [5.74, 6) is 1.22. The Kier molecular flexibility index (Phi) is 8.97. The quantitative estimate of drug-likeness (QED) is 0.355. The monoisotopic (exact) mass is 597 g/mol. The molecule has 4 bridgehead atoms. The summed E-state index contributed by atoms with van der Waals surface area (Å²) in [5.41, 5.74) is 2.55. The van der Waals surface area contributed by atoms with Crippen molar-refractivity contribution in [3.8, 4) is 0 Å². The number of hydrogen-bond donors (Lipinski definition) is 1. The zero-order chi connectivity index (χ0) is 30.1. The van der Waals surface area contributed by atoms with Crippen LogP contribution in [0.3, 0.4) is 0 Å². The molecule has 4 fully saturated rings. The summed E-state index contributed by atoms with van der Waals surface area (Å²) in [4.78, 5) is 28.4. The molecule has 0 saturated heterocycles. The van der Waals surface area contributed by atoms with Crippen LogP contribution in [0.1, 0.15) is 76.3 Å². The van der Waals surface area contributed by atoms with Gasteiger partial charge in [0, 0.05) is 13.1 Å². The summed E-state index contributed by atoms with van der Waals surface area (Å²) in [6.45, 7) is 3.85. The Morgan fingerprint density at radius 3 is 2.02 bits per heavy atom. The first-order valence-electron chi connectivity index (χ1n) is 15.4. The van der Waals surface area contributed by atoms with Gasteiger partial charge >= 0.3 is 0 Å². The van der Waals surface area contributed by atoms with E-state index in [0.29, 0.717) is 24.2 Å². The summed E-state index contributed by atoms with van der Waals surface area (Å²) < 4.78 is 40.8. The van der Waals surface area contributed by atoms with Crippen molar-refractivity contribution in [2.45, 2.75) is 83.2 Å². The van der Waals surface area contributed by atoms with E-state index in [9.17, 15) is 22.4 Å². The predicted molar refractivity (Wildman–Crippen MR) is 163 cm³/mol. The van der Waals surface area contributed by atoms with Crippen molar-refractivity contribution >= 4 is 27.5 Å². The van der Waals surface area contributed by atoms with Crippen LogP contribution < -0.4 is 9.62 Å². The Morgan fingerprint density at radius 1 is 0.952 bits per heavy atom. The van der Waals surface area contributed by atoms with Crippen molar-refractivity contribution in [1.29, 1.82) is 0 Å². The highest BCUT2D eigenvalue weighted by atomic mass is 32.2. The SMILES string of the molecule is CCCNC(=O)C(CC)N(Cc1ccc(F)cc1)C(=O)CN(c1ccc(C23CC4CC(CC(C4)C2)C3)cc1)S(C)(=O)=O. The Hall–Kier alpha value is -2.94. The molecule has 4 aliphatic rings. The van der Waals surface area contributed by atoms with Crippen molar-refractivity contribution in [3.63, 3.8) is 0 Å². The van der Waals surface area contributed by atoms with Gasteiger partial charge in [0.1, 0.15) is 18.4 Å². The number of halogens is 1. The van der Waals surface area contributed by atoms with Gasteiger partial charge in [-0.1, -0.05) is 38.1 Å². The molecule has 0 radical (unpaired) electrons. The number of amides is 2. The lowest BCUT2D eigenvalue weighted by atomic mass is 9.48. The molecule has 42 heavy (non-hydrogen) atoms. The van der Waals surface area contributed by atoms with E-state index in [1.54, 1.807) is 12.1 Å². The first kappa shape index (κ1) is 30.5. The van der Waals surface area contributed by atoms with E-state index in [-0.39, 0.29) is 17.9 Å². The van der Waals surface area contributed by atoms with Crippen LogP contribution in [0.15, 0.2) is 48.5 Å². The first-order valence-corrected chi connectivity index (χ1v) is 17.3. The van der Waals surface area contributed by atoms with Crippen LogP contribution in [0.25, 0.3) is 0 Å². The van der Waals surface area contributed by atoms with Gasteiger partial charge in [-0.25, -0.2) is 12.8 Å². The fourth-order valence-corrected chi connectivity index (χ4v) is 8.98. The van der Waals surface area contributed by atoms with Crippen LogP contribution in [-0.4, -0.2) is 50.5 Å². The number of carbonyl (C=O) groups excluding carboxylic acids is 2. The molecule has 2 aromatic rings. The molecule has 0 aromatic heterocycles. The second-order valence-corrected chi connectivity index (χ2v) is 14.8. The van der Waals surface area contributed by atoms with Crippen molar-refractivity contribution in [2.24, 2.45) is 17.8 Å². The third-order valence-electron chi connectivity index (χ3n) is 9.69. The molecule has 2 amide bonds. The third kappa shape index (κ3) is 6.51. The lowest BCUT2D eigenvalue weighted by molar-refractivity contribution is -0.140. The minimum Gasteiger partial charge on any atom is -0.354 e. The minimum absolute atomic E-state index is 0.0553. The second-order valence-electron chi connectivity index (χ2n) is 12.9. The van der Waals surface area contributed by atoms with Gasteiger partial charge in [-0.3, -0.25) is 13.9 Å². The molecule has 1 atom stereocenters. The number of carbonyl (C=O) groups is 2. The van der Waals surface area contributed by atoms with Gasteiger partial charge in [-0.05, 0) is 110 Å². The Balaban J connectivity index is 1.39. The average Bonchev–Trinajstić information content (AvgIpc) is 2.94. The van der Waals surface area contributed by atoms with Crippen molar-refractivity contribution in [2.75, 3.05) is 23.7 Å². The van der Waals surface area contributed by atoms with E-state index in [1.165, 1.54) is 61.1 Å². The summed E-state index contributed by atoms with van der Waals surface area (Å²) in [7, 11) is -3.81. The maximum absolute atomic E-state index is 13.9. The highest BCUT2D eigenvalue weighted by molar-refractivity contribution is 7.92. The van der Waals surface area contributed by atoms with Crippen LogP contribution in [0, 0.1) is 23.6 Å². The van der Waals surface area contributed by atoms with Crippen molar-refractivity contribution in [3.05, 3.63) is 65.5 Å². The smallest absolute Gasteiger partial charge is 0.244 e. The highest BCUT2D eigenvalue weighted by Gasteiger charge is 2.51. The topological polar surface area (TPSA) is 86.8 Å². The molecule has 4 aliphatic carbocycles. The van der Waals surface area contributed by atoms with Gasteiger partial charge in [0.2, 0.25) is 21.8 Å². The van der Waals surface area contributed by atoms with E-state index in [2.05, 4.69) is 17.4 Å². The van der Waals surface area contributed by atoms with Crippen LogP contribution in [0.2, 0.25) is 0 Å². The summed E-state index contributed by atoms with van der Waals surface area (Å²) in [6, 6.07) is 12.8. The normalized spacial score (nSPS) is 25.2. The largest absolute Gasteiger partial charge is 0.354 e. The van der Waals surface area contributed by atoms with Gasteiger partial charge in [0.25, 0.3) is 0 Å². The van der Waals surface area contributed by atoms with Crippen LogP contribution in [0.4, 0.5) is 10.1 Å². The van der Waals surface area contributed by atoms with Gasteiger partial charge in [-0.15, -0.1) is 0 Å². The zero-order valence-corrected chi connectivity index (χ0v) is 25.8. The lowest BCUT2D eigenvalue weighted by Crippen LogP contribution is -2.52. The molecule has 4 saturated carbocycles. The lowest BCUT2D eigenvalue weighted by Gasteiger charge is -2.57. The third-order valence-corrected chi connectivity index (χ3v) is 10.8. The van der Waals surface area contributed by atoms with Crippen LogP contribution in [0.5, 0.6) is 0 Å². The fourth-order valence-electron chi connectivity index (χ4n) is 8.13. The summed E-state index contributed by atoms with van der Waals surface area (Å²) in [6.07, 6.45) is 9.89. The summed E-state index contributed by atoms with van der Waals surface area (Å²) in [5, 5.41) is 2.86. The van der Waals surface area contributed by atoms with Crippen molar-refractivity contribution < 1.29 is 22.4 Å². The minimum atomic E-state index is -3.81. The van der Waals surface area contributed by atoms with Gasteiger partial charge in [-0.2, -0.15) is 0 Å². The van der Waals surface area contributed by atoms with E-state index in [0.717, 1.165) is 34.7 Å². The maximum atomic E-state index is 13.9. The predicted octanol–water partition coefficient (Wildman–Crippen LogP) is 5.39. The molecular formula is C33H44FN3O4S. The number of anilines is 1. The van der Waals surface area contributed by atoms with E-state index < -0.39 is 34.3 Å². The van der Waals surface area contributed by atoms with E-state index in [1.807, 2.05) is 26.0 Å². The Bertz CT molecular complexity index is 1340. The average molecular weight is 598 g/mol. The first-order chi connectivity index (χ1) is 20.0. The number of nitrogens with zero attached hydrogens (tertiary/aromatic N) is 2. The molecule has 1 N–H and O–H groups in total. The highest BCUT2D eigenvalue weighted by Crippen LogP contribution is 2.60. The maximum Gasteiger partial charge on any atom is 0.244 e. The van der Waals surface area contributed by atoms with Crippen LogP contribution >= 0.6 is 0 Å². The number of hydrogen-bond acceptors (Lipinski definition) is 4. The second kappa shape index (κ2) is 12.3. The van der Waals surface area contributed by atoms with Gasteiger partial charge in [0.05, 0.1) is 11.9 Å². The molecule has 228 valence electrons. The zero-order valence-electron chi connectivity index (χ0n) is 25.0. The molecule has 2 aromatic carbocycles. The Morgan fingerprint density at radius 2 is 1.52 bits per heavy atom. The number of nitrogens with one attached hydrogen (secondary N) is 1. The fraction of sp³-hybridized carbons (Fsp3) is 0.576. The number of rotatable bonds is 12. The molecule has 9 heteroatoms.